The SMILES string of the molecule is COc1ccc([C@H](CNC(=O)C(=O)NCC[NH+](C)C)[NH+]2CC[NH+](C)CC2)cc1. The highest BCUT2D eigenvalue weighted by molar-refractivity contribution is 6.35. The molecule has 1 saturated heterocycles. The summed E-state index contributed by atoms with van der Waals surface area (Å²) in [7, 11) is 7.87. The van der Waals surface area contributed by atoms with Crippen molar-refractivity contribution < 1.29 is 29.0 Å². The second-order valence-electron chi connectivity index (χ2n) is 7.86. The van der Waals surface area contributed by atoms with Crippen molar-refractivity contribution in [2.24, 2.45) is 0 Å². The number of amides is 2. The number of hydrogen-bond acceptors (Lipinski definition) is 3. The Balaban J connectivity index is 1.98. The van der Waals surface area contributed by atoms with E-state index in [9.17, 15) is 9.59 Å². The summed E-state index contributed by atoms with van der Waals surface area (Å²) in [6.07, 6.45) is 0. The average molecular weight is 395 g/mol. The zero-order valence-corrected chi connectivity index (χ0v) is 17.6. The van der Waals surface area contributed by atoms with Crippen LogP contribution in [0.25, 0.3) is 0 Å². The number of ether oxygens (including phenoxy) is 1. The fourth-order valence-electron chi connectivity index (χ4n) is 3.46. The highest BCUT2D eigenvalue weighted by Gasteiger charge is 2.30. The van der Waals surface area contributed by atoms with E-state index in [0.717, 1.165) is 44.0 Å². The van der Waals surface area contributed by atoms with Gasteiger partial charge in [-0.25, -0.2) is 0 Å². The number of methoxy groups -OCH3 is 1. The highest BCUT2D eigenvalue weighted by atomic mass is 16.5. The van der Waals surface area contributed by atoms with Crippen LogP contribution >= 0.6 is 0 Å². The van der Waals surface area contributed by atoms with Gasteiger partial charge in [0.1, 0.15) is 38.0 Å². The van der Waals surface area contributed by atoms with Crippen molar-refractivity contribution >= 4 is 11.8 Å². The molecule has 1 aliphatic rings. The Hall–Kier alpha value is -2.16. The Morgan fingerprint density at radius 3 is 2.25 bits per heavy atom. The van der Waals surface area contributed by atoms with Crippen LogP contribution < -0.4 is 30.1 Å². The molecule has 0 bridgehead atoms. The van der Waals surface area contributed by atoms with Crippen LogP contribution in [0.5, 0.6) is 5.75 Å². The van der Waals surface area contributed by atoms with Gasteiger partial charge in [0.25, 0.3) is 0 Å². The molecule has 1 aromatic rings. The lowest BCUT2D eigenvalue weighted by atomic mass is 10.0. The number of carbonyl (C=O) groups excluding carboxylic acids is 2. The quantitative estimate of drug-likeness (QED) is 0.289. The van der Waals surface area contributed by atoms with E-state index in [2.05, 4.69) is 17.7 Å². The maximum atomic E-state index is 12.2. The van der Waals surface area contributed by atoms with Gasteiger partial charge in [0.05, 0.1) is 47.9 Å². The number of hydrogen-bond donors (Lipinski definition) is 5. The summed E-state index contributed by atoms with van der Waals surface area (Å²) in [5.41, 5.74) is 1.15. The summed E-state index contributed by atoms with van der Waals surface area (Å²) < 4.78 is 5.26. The first-order chi connectivity index (χ1) is 13.4. The Morgan fingerprint density at radius 2 is 1.68 bits per heavy atom. The number of nitrogens with one attached hydrogen (secondary N) is 5. The molecule has 2 amide bonds. The minimum Gasteiger partial charge on any atom is -0.497 e. The van der Waals surface area contributed by atoms with Crippen molar-refractivity contribution in [1.29, 1.82) is 0 Å². The molecule has 0 saturated carbocycles. The van der Waals surface area contributed by atoms with Gasteiger partial charge in [-0.2, -0.15) is 0 Å². The molecular weight excluding hydrogens is 358 g/mol. The number of rotatable bonds is 8. The van der Waals surface area contributed by atoms with Crippen molar-refractivity contribution in [1.82, 2.24) is 10.6 Å². The lowest BCUT2D eigenvalue weighted by molar-refractivity contribution is -1.02. The lowest BCUT2D eigenvalue weighted by Gasteiger charge is -2.33. The van der Waals surface area contributed by atoms with E-state index in [1.165, 1.54) is 14.7 Å². The Bertz CT molecular complexity index is 627. The normalized spacial score (nSPS) is 20.5. The first-order valence-electron chi connectivity index (χ1n) is 10.1. The van der Waals surface area contributed by atoms with Crippen LogP contribution in [0.1, 0.15) is 11.6 Å². The third kappa shape index (κ3) is 6.78. The van der Waals surface area contributed by atoms with Crippen LogP contribution in [0.4, 0.5) is 0 Å². The van der Waals surface area contributed by atoms with Crippen molar-refractivity contribution in [3.8, 4) is 5.75 Å². The predicted octanol–water partition coefficient (Wildman–Crippen LogP) is -4.47. The molecule has 0 radical (unpaired) electrons. The highest BCUT2D eigenvalue weighted by Crippen LogP contribution is 2.15. The van der Waals surface area contributed by atoms with E-state index in [1.807, 2.05) is 38.4 Å². The van der Waals surface area contributed by atoms with Gasteiger partial charge in [-0.1, -0.05) is 0 Å². The van der Waals surface area contributed by atoms with Crippen LogP contribution in [0.15, 0.2) is 24.3 Å². The topological polar surface area (TPSA) is 80.7 Å². The minimum absolute atomic E-state index is 0.113. The van der Waals surface area contributed by atoms with Crippen LogP contribution in [0, 0.1) is 0 Å². The van der Waals surface area contributed by atoms with Gasteiger partial charge in [0, 0.05) is 5.56 Å². The molecule has 1 heterocycles. The molecular formula is C20H36N5O3+3. The Labute approximate surface area is 167 Å². The van der Waals surface area contributed by atoms with Crippen molar-refractivity contribution in [3.05, 3.63) is 29.8 Å². The largest absolute Gasteiger partial charge is 0.497 e. The van der Waals surface area contributed by atoms with Gasteiger partial charge in [-0.3, -0.25) is 9.59 Å². The molecule has 0 spiro atoms. The van der Waals surface area contributed by atoms with Gasteiger partial charge in [-0.15, -0.1) is 0 Å². The van der Waals surface area contributed by atoms with Crippen molar-refractivity contribution in [2.75, 3.05) is 74.1 Å². The monoisotopic (exact) mass is 394 g/mol. The molecule has 5 N–H and O–H groups in total. The fraction of sp³-hybridized carbons (Fsp3) is 0.600. The second kappa shape index (κ2) is 11.0. The summed E-state index contributed by atoms with van der Waals surface area (Å²) in [6.45, 7) is 5.98. The number of benzene rings is 1. The molecule has 2 rings (SSSR count). The van der Waals surface area contributed by atoms with E-state index >= 15 is 0 Å². The van der Waals surface area contributed by atoms with Gasteiger partial charge in [0.2, 0.25) is 0 Å². The van der Waals surface area contributed by atoms with Gasteiger partial charge >= 0.3 is 11.8 Å². The van der Waals surface area contributed by atoms with Gasteiger partial charge < -0.3 is 30.1 Å². The number of piperazine rings is 1. The number of carbonyl (C=O) groups is 2. The van der Waals surface area contributed by atoms with Crippen molar-refractivity contribution in [3.63, 3.8) is 0 Å². The van der Waals surface area contributed by atoms with E-state index in [0.29, 0.717) is 13.1 Å². The molecule has 0 aliphatic carbocycles. The maximum Gasteiger partial charge on any atom is 0.309 e. The number of quaternary nitrogens is 3. The van der Waals surface area contributed by atoms with Crippen LogP contribution in [-0.2, 0) is 9.59 Å². The summed E-state index contributed by atoms with van der Waals surface area (Å²) in [5, 5.41) is 5.52. The summed E-state index contributed by atoms with van der Waals surface area (Å²) >= 11 is 0. The predicted molar refractivity (Wildman–Crippen MR) is 107 cm³/mol. The van der Waals surface area contributed by atoms with Crippen LogP contribution in [0.3, 0.4) is 0 Å². The maximum absolute atomic E-state index is 12.2. The van der Waals surface area contributed by atoms with Crippen molar-refractivity contribution in [2.45, 2.75) is 6.04 Å². The molecule has 1 atom stereocenters. The molecule has 1 fully saturated rings. The molecule has 8 heteroatoms. The molecule has 0 aromatic heterocycles. The smallest absolute Gasteiger partial charge is 0.309 e. The lowest BCUT2D eigenvalue weighted by Crippen LogP contribution is -3.27. The third-order valence-electron chi connectivity index (χ3n) is 5.34. The zero-order chi connectivity index (χ0) is 20.5. The van der Waals surface area contributed by atoms with Crippen LogP contribution in [0.2, 0.25) is 0 Å². The van der Waals surface area contributed by atoms with Gasteiger partial charge in [-0.05, 0) is 24.3 Å². The minimum atomic E-state index is -0.563. The first kappa shape index (κ1) is 22.1. The molecule has 156 valence electrons. The molecule has 8 nitrogen and oxygen atoms in total. The zero-order valence-electron chi connectivity index (χ0n) is 17.6. The van der Waals surface area contributed by atoms with E-state index in [1.54, 1.807) is 7.11 Å². The molecule has 28 heavy (non-hydrogen) atoms. The van der Waals surface area contributed by atoms with E-state index in [4.69, 9.17) is 4.74 Å². The summed E-state index contributed by atoms with van der Waals surface area (Å²) in [6, 6.07) is 8.10. The first-order valence-corrected chi connectivity index (χ1v) is 10.1. The summed E-state index contributed by atoms with van der Waals surface area (Å²) in [5.74, 6) is -0.314. The Morgan fingerprint density at radius 1 is 1.07 bits per heavy atom. The van der Waals surface area contributed by atoms with E-state index < -0.39 is 11.8 Å². The summed E-state index contributed by atoms with van der Waals surface area (Å²) in [4.78, 5) is 28.4. The third-order valence-corrected chi connectivity index (χ3v) is 5.34. The van der Waals surface area contributed by atoms with E-state index in [-0.39, 0.29) is 6.04 Å². The fourth-order valence-corrected chi connectivity index (χ4v) is 3.46. The van der Waals surface area contributed by atoms with Crippen LogP contribution in [-0.4, -0.2) is 85.9 Å². The average Bonchev–Trinajstić information content (AvgIpc) is 2.69. The Kier molecular flexibility index (Phi) is 8.69. The molecule has 0 unspecified atom stereocenters. The number of likely N-dealkylation sites (N-methyl/N-ethyl adjacent to an activating group) is 2. The molecule has 1 aliphatic heterocycles. The molecule has 1 aromatic carbocycles. The standard InChI is InChI=1S/C20H33N5O3/c1-23(2)10-9-21-19(26)20(27)22-15-18(25-13-11-24(3)12-14-25)16-5-7-17(28-4)8-6-16/h5-8,18H,9-15H2,1-4H3,(H,21,26)(H,22,27)/p+3/t18-/m0/s1. The van der Waals surface area contributed by atoms with Gasteiger partial charge in [0.15, 0.2) is 0 Å². The second-order valence-corrected chi connectivity index (χ2v) is 7.86.